The molecule has 2 aromatic rings. The third-order valence-corrected chi connectivity index (χ3v) is 2.68. The van der Waals surface area contributed by atoms with E-state index in [0.29, 0.717) is 11.3 Å². The monoisotopic (exact) mass is 240 g/mol. The topological polar surface area (TPSA) is 91.8 Å². The first-order chi connectivity index (χ1) is 8.63. The molecule has 0 fully saturated rings. The van der Waals surface area contributed by atoms with Gasteiger partial charge < -0.3 is 11.1 Å². The Morgan fingerprint density at radius 3 is 2.89 bits per heavy atom. The standard InChI is InChI=1S/C13H12N4O/c1-8(13(15)18)17-12-9(6-14)7-16-11-5-3-2-4-10(11)12/h2-5,7-8H,1H3,(H2,15,18)(H,16,17). The summed E-state index contributed by atoms with van der Waals surface area (Å²) in [5.41, 5.74) is 6.96. The van der Waals surface area contributed by atoms with Crippen molar-refractivity contribution < 1.29 is 4.79 Å². The van der Waals surface area contributed by atoms with Crippen molar-refractivity contribution in [1.82, 2.24) is 4.98 Å². The second kappa shape index (κ2) is 4.72. The van der Waals surface area contributed by atoms with Gasteiger partial charge in [0.25, 0.3) is 0 Å². The number of nitrogens with two attached hydrogens (primary N) is 1. The van der Waals surface area contributed by atoms with Crippen LogP contribution in [0.25, 0.3) is 10.9 Å². The lowest BCUT2D eigenvalue weighted by molar-refractivity contribution is -0.118. The van der Waals surface area contributed by atoms with Crippen LogP contribution in [-0.4, -0.2) is 16.9 Å². The van der Waals surface area contributed by atoms with Gasteiger partial charge in [-0.25, -0.2) is 0 Å². The molecule has 0 saturated carbocycles. The zero-order valence-electron chi connectivity index (χ0n) is 9.84. The number of hydrogen-bond acceptors (Lipinski definition) is 4. The van der Waals surface area contributed by atoms with Gasteiger partial charge in [-0.3, -0.25) is 9.78 Å². The molecule has 5 nitrogen and oxygen atoms in total. The highest BCUT2D eigenvalue weighted by Gasteiger charge is 2.14. The van der Waals surface area contributed by atoms with Crippen LogP contribution < -0.4 is 11.1 Å². The number of pyridine rings is 1. The number of hydrogen-bond donors (Lipinski definition) is 2. The number of nitriles is 1. The third-order valence-electron chi connectivity index (χ3n) is 2.68. The Balaban J connectivity index is 2.59. The van der Waals surface area contributed by atoms with Gasteiger partial charge in [-0.1, -0.05) is 18.2 Å². The number of anilines is 1. The van der Waals surface area contributed by atoms with E-state index in [2.05, 4.69) is 16.4 Å². The molecule has 0 aliphatic carbocycles. The van der Waals surface area contributed by atoms with Gasteiger partial charge >= 0.3 is 0 Å². The number of aromatic nitrogens is 1. The summed E-state index contributed by atoms with van der Waals surface area (Å²) in [6, 6.07) is 8.91. The van der Waals surface area contributed by atoms with Gasteiger partial charge in [0.1, 0.15) is 12.1 Å². The van der Waals surface area contributed by atoms with E-state index in [1.165, 1.54) is 6.20 Å². The molecule has 90 valence electrons. The quantitative estimate of drug-likeness (QED) is 0.848. The highest BCUT2D eigenvalue weighted by atomic mass is 16.1. The van der Waals surface area contributed by atoms with Gasteiger partial charge in [-0.2, -0.15) is 5.26 Å². The highest BCUT2D eigenvalue weighted by molar-refractivity contribution is 5.95. The van der Waals surface area contributed by atoms with Crippen molar-refractivity contribution in [2.45, 2.75) is 13.0 Å². The maximum absolute atomic E-state index is 11.1. The van der Waals surface area contributed by atoms with Crippen LogP contribution in [0.2, 0.25) is 0 Å². The molecule has 1 unspecified atom stereocenters. The van der Waals surface area contributed by atoms with Crippen LogP contribution in [0.4, 0.5) is 5.69 Å². The number of rotatable bonds is 3. The molecule has 0 saturated heterocycles. The van der Waals surface area contributed by atoms with E-state index < -0.39 is 11.9 Å². The fourth-order valence-electron chi connectivity index (χ4n) is 1.67. The lowest BCUT2D eigenvalue weighted by Gasteiger charge is -2.14. The molecular formula is C13H12N4O. The molecule has 1 aromatic carbocycles. The average molecular weight is 240 g/mol. The Kier molecular flexibility index (Phi) is 3.11. The van der Waals surface area contributed by atoms with Crippen molar-refractivity contribution in [1.29, 1.82) is 5.26 Å². The molecule has 5 heteroatoms. The van der Waals surface area contributed by atoms with Crippen molar-refractivity contribution in [3.05, 3.63) is 36.0 Å². The molecule has 0 radical (unpaired) electrons. The number of carbonyl (C=O) groups excluding carboxylic acids is 1. The van der Waals surface area contributed by atoms with Crippen molar-refractivity contribution >= 4 is 22.5 Å². The summed E-state index contributed by atoms with van der Waals surface area (Å²) in [4.78, 5) is 15.3. The van der Waals surface area contributed by atoms with Crippen molar-refractivity contribution in [2.24, 2.45) is 5.73 Å². The lowest BCUT2D eigenvalue weighted by atomic mass is 10.1. The van der Waals surface area contributed by atoms with E-state index in [1.807, 2.05) is 24.3 Å². The predicted molar refractivity (Wildman–Crippen MR) is 68.7 cm³/mol. The molecule has 0 spiro atoms. The molecule has 0 bridgehead atoms. The van der Waals surface area contributed by atoms with Gasteiger partial charge in [0.05, 0.1) is 16.8 Å². The largest absolute Gasteiger partial charge is 0.372 e. The highest BCUT2D eigenvalue weighted by Crippen LogP contribution is 2.25. The zero-order chi connectivity index (χ0) is 13.1. The minimum atomic E-state index is -0.553. The molecule has 18 heavy (non-hydrogen) atoms. The molecule has 1 amide bonds. The summed E-state index contributed by atoms with van der Waals surface area (Å²) in [5.74, 6) is -0.472. The summed E-state index contributed by atoms with van der Waals surface area (Å²) in [5, 5.41) is 12.8. The van der Waals surface area contributed by atoms with Crippen LogP contribution >= 0.6 is 0 Å². The number of amides is 1. The van der Waals surface area contributed by atoms with Crippen molar-refractivity contribution in [3.63, 3.8) is 0 Å². The summed E-state index contributed by atoms with van der Waals surface area (Å²) in [6.07, 6.45) is 1.48. The first-order valence-corrected chi connectivity index (χ1v) is 5.47. The van der Waals surface area contributed by atoms with Gasteiger partial charge in [-0.15, -0.1) is 0 Å². The number of nitrogens with zero attached hydrogens (tertiary/aromatic N) is 2. The molecule has 3 N–H and O–H groups in total. The smallest absolute Gasteiger partial charge is 0.239 e. The molecule has 1 atom stereocenters. The van der Waals surface area contributed by atoms with Gasteiger partial charge in [0, 0.05) is 11.6 Å². The fourth-order valence-corrected chi connectivity index (χ4v) is 1.67. The van der Waals surface area contributed by atoms with Gasteiger partial charge in [0.2, 0.25) is 5.91 Å². The Bertz CT molecular complexity index is 645. The number of benzene rings is 1. The minimum absolute atomic E-state index is 0.391. The molecule has 0 aliphatic rings. The second-order valence-electron chi connectivity index (χ2n) is 3.94. The number of nitrogens with one attached hydrogen (secondary N) is 1. The SMILES string of the molecule is CC(Nc1c(C#N)cnc2ccccc12)C(N)=O. The second-order valence-corrected chi connectivity index (χ2v) is 3.94. The Morgan fingerprint density at radius 2 is 2.22 bits per heavy atom. The maximum Gasteiger partial charge on any atom is 0.239 e. The molecule has 1 heterocycles. The van der Waals surface area contributed by atoms with Crippen LogP contribution in [0.15, 0.2) is 30.5 Å². The zero-order valence-corrected chi connectivity index (χ0v) is 9.84. The summed E-state index contributed by atoms with van der Waals surface area (Å²) < 4.78 is 0. The Morgan fingerprint density at radius 1 is 1.50 bits per heavy atom. The lowest BCUT2D eigenvalue weighted by Crippen LogP contribution is -2.32. The molecular weight excluding hydrogens is 228 g/mol. The number of primary amides is 1. The van der Waals surface area contributed by atoms with E-state index in [-0.39, 0.29) is 0 Å². The Hall–Kier alpha value is -2.61. The first-order valence-electron chi connectivity index (χ1n) is 5.47. The number of para-hydroxylation sites is 1. The third kappa shape index (κ3) is 2.09. The van der Waals surface area contributed by atoms with Crippen LogP contribution in [0.5, 0.6) is 0 Å². The molecule has 0 aliphatic heterocycles. The van der Waals surface area contributed by atoms with E-state index in [4.69, 9.17) is 11.0 Å². The molecule has 2 rings (SSSR count). The van der Waals surface area contributed by atoms with E-state index in [1.54, 1.807) is 6.92 Å². The first kappa shape index (κ1) is 11.9. The Labute approximate surface area is 104 Å². The summed E-state index contributed by atoms with van der Waals surface area (Å²) >= 11 is 0. The normalized spacial score (nSPS) is 11.8. The average Bonchev–Trinajstić information content (AvgIpc) is 2.39. The fraction of sp³-hybridized carbons (Fsp3) is 0.154. The van der Waals surface area contributed by atoms with E-state index in [0.717, 1.165) is 10.9 Å². The summed E-state index contributed by atoms with van der Waals surface area (Å²) in [6.45, 7) is 1.65. The van der Waals surface area contributed by atoms with Crippen molar-refractivity contribution in [3.8, 4) is 6.07 Å². The van der Waals surface area contributed by atoms with Gasteiger partial charge in [-0.05, 0) is 13.0 Å². The maximum atomic E-state index is 11.1. The number of carbonyl (C=O) groups is 1. The van der Waals surface area contributed by atoms with E-state index >= 15 is 0 Å². The van der Waals surface area contributed by atoms with Crippen LogP contribution in [0, 0.1) is 11.3 Å². The predicted octanol–water partition coefficient (Wildman–Crippen LogP) is 1.39. The van der Waals surface area contributed by atoms with Gasteiger partial charge in [0.15, 0.2) is 0 Å². The van der Waals surface area contributed by atoms with Crippen molar-refractivity contribution in [2.75, 3.05) is 5.32 Å². The number of fused-ring (bicyclic) bond motifs is 1. The van der Waals surface area contributed by atoms with Crippen LogP contribution in [-0.2, 0) is 4.79 Å². The van der Waals surface area contributed by atoms with Crippen LogP contribution in [0.1, 0.15) is 12.5 Å². The minimum Gasteiger partial charge on any atom is -0.372 e. The summed E-state index contributed by atoms with van der Waals surface area (Å²) in [7, 11) is 0. The van der Waals surface area contributed by atoms with E-state index in [9.17, 15) is 4.79 Å². The molecule has 1 aromatic heterocycles. The van der Waals surface area contributed by atoms with Crippen LogP contribution in [0.3, 0.4) is 0 Å².